The van der Waals surface area contributed by atoms with E-state index in [1.165, 1.54) is 0 Å². The Kier molecular flexibility index (Phi) is 5.49. The summed E-state index contributed by atoms with van der Waals surface area (Å²) >= 11 is 6.04. The number of rotatable bonds is 2. The van der Waals surface area contributed by atoms with Gasteiger partial charge in [-0.2, -0.15) is 0 Å². The van der Waals surface area contributed by atoms with Crippen LogP contribution >= 0.6 is 11.6 Å². The van der Waals surface area contributed by atoms with Gasteiger partial charge in [-0.25, -0.2) is 9.59 Å². The van der Waals surface area contributed by atoms with Gasteiger partial charge in [0.1, 0.15) is 0 Å². The van der Waals surface area contributed by atoms with Crippen molar-refractivity contribution < 1.29 is 14.3 Å². The Morgan fingerprint density at radius 1 is 1.23 bits per heavy atom. The average molecular weight is 326 g/mol. The number of nitrogens with one attached hydrogen (secondary N) is 1. The predicted molar refractivity (Wildman–Crippen MR) is 85.4 cm³/mol. The standard InChI is InChI=1S/C15H20ClN3O3/c1-3-22-15(21)19-8-6-18(7-9-19)14(20)17-12-5-4-11(2)13(16)10-12/h4-5,10H,3,6-9H2,1-2H3,(H,17,20). The fourth-order valence-corrected chi connectivity index (χ4v) is 2.36. The van der Waals surface area contributed by atoms with Crippen molar-refractivity contribution in [3.05, 3.63) is 28.8 Å². The maximum absolute atomic E-state index is 12.2. The summed E-state index contributed by atoms with van der Waals surface area (Å²) in [5, 5.41) is 3.43. The molecule has 22 heavy (non-hydrogen) atoms. The summed E-state index contributed by atoms with van der Waals surface area (Å²) in [6.07, 6.45) is -0.326. The molecule has 3 amide bonds. The first kappa shape index (κ1) is 16.4. The van der Waals surface area contributed by atoms with Crippen molar-refractivity contribution in [2.24, 2.45) is 0 Å². The van der Waals surface area contributed by atoms with E-state index in [2.05, 4.69) is 5.32 Å². The van der Waals surface area contributed by atoms with Gasteiger partial charge in [0.2, 0.25) is 0 Å². The first-order chi connectivity index (χ1) is 10.5. The minimum atomic E-state index is -0.326. The summed E-state index contributed by atoms with van der Waals surface area (Å²) in [6, 6.07) is 5.21. The lowest BCUT2D eigenvalue weighted by molar-refractivity contribution is 0.0868. The van der Waals surface area contributed by atoms with Crippen molar-refractivity contribution in [1.82, 2.24) is 9.80 Å². The number of hydrogen-bond acceptors (Lipinski definition) is 3. The van der Waals surface area contributed by atoms with Crippen LogP contribution in [0.1, 0.15) is 12.5 Å². The number of piperazine rings is 1. The third-order valence-corrected chi connectivity index (χ3v) is 3.92. The number of nitrogens with zero attached hydrogens (tertiary/aromatic N) is 2. The van der Waals surface area contributed by atoms with Crippen molar-refractivity contribution in [2.45, 2.75) is 13.8 Å². The molecule has 1 aromatic rings. The molecule has 0 saturated carbocycles. The third kappa shape index (κ3) is 4.04. The second-order valence-electron chi connectivity index (χ2n) is 5.07. The number of carbonyl (C=O) groups is 2. The molecule has 0 aliphatic carbocycles. The summed E-state index contributed by atoms with van der Waals surface area (Å²) in [5.41, 5.74) is 1.62. The number of ether oxygens (including phenoxy) is 1. The molecular weight excluding hydrogens is 306 g/mol. The number of carbonyl (C=O) groups excluding carboxylic acids is 2. The molecule has 120 valence electrons. The number of urea groups is 1. The zero-order valence-corrected chi connectivity index (χ0v) is 13.5. The van der Waals surface area contributed by atoms with Crippen LogP contribution in [0, 0.1) is 6.92 Å². The van der Waals surface area contributed by atoms with E-state index in [0.29, 0.717) is 43.5 Å². The largest absolute Gasteiger partial charge is 0.450 e. The van der Waals surface area contributed by atoms with Crippen LogP contribution in [0.15, 0.2) is 18.2 Å². The van der Waals surface area contributed by atoms with Crippen molar-refractivity contribution >= 4 is 29.4 Å². The molecule has 0 atom stereocenters. The summed E-state index contributed by atoms with van der Waals surface area (Å²) in [5.74, 6) is 0. The van der Waals surface area contributed by atoms with Gasteiger partial charge in [0, 0.05) is 36.9 Å². The molecule has 0 radical (unpaired) electrons. The van der Waals surface area contributed by atoms with E-state index in [-0.39, 0.29) is 12.1 Å². The van der Waals surface area contributed by atoms with Gasteiger partial charge in [-0.1, -0.05) is 17.7 Å². The van der Waals surface area contributed by atoms with Crippen LogP contribution < -0.4 is 5.32 Å². The van der Waals surface area contributed by atoms with Crippen LogP contribution in [0.4, 0.5) is 15.3 Å². The predicted octanol–water partition coefficient (Wildman–Crippen LogP) is 2.95. The lowest BCUT2D eigenvalue weighted by Gasteiger charge is -2.34. The molecule has 7 heteroatoms. The van der Waals surface area contributed by atoms with E-state index in [9.17, 15) is 9.59 Å². The Morgan fingerprint density at radius 2 is 1.86 bits per heavy atom. The van der Waals surface area contributed by atoms with Crippen LogP contribution in [0.2, 0.25) is 5.02 Å². The molecule has 1 aromatic carbocycles. The molecule has 0 aromatic heterocycles. The van der Waals surface area contributed by atoms with Crippen LogP contribution in [-0.4, -0.2) is 54.7 Å². The summed E-state index contributed by atoms with van der Waals surface area (Å²) in [4.78, 5) is 27.1. The van der Waals surface area contributed by atoms with Crippen LogP contribution in [-0.2, 0) is 4.74 Å². The lowest BCUT2D eigenvalue weighted by Crippen LogP contribution is -2.51. The van der Waals surface area contributed by atoms with Gasteiger partial charge in [-0.05, 0) is 31.5 Å². The van der Waals surface area contributed by atoms with Gasteiger partial charge >= 0.3 is 12.1 Å². The minimum absolute atomic E-state index is 0.191. The molecule has 0 unspecified atom stereocenters. The van der Waals surface area contributed by atoms with Gasteiger partial charge in [0.25, 0.3) is 0 Å². The van der Waals surface area contributed by atoms with E-state index < -0.39 is 0 Å². The number of anilines is 1. The Bertz CT molecular complexity index is 557. The highest BCUT2D eigenvalue weighted by Gasteiger charge is 2.24. The second-order valence-corrected chi connectivity index (χ2v) is 5.47. The average Bonchev–Trinajstić information content (AvgIpc) is 2.51. The van der Waals surface area contributed by atoms with E-state index in [1.807, 2.05) is 19.1 Å². The first-order valence-corrected chi connectivity index (χ1v) is 7.63. The van der Waals surface area contributed by atoms with Crippen LogP contribution in [0.25, 0.3) is 0 Å². The molecule has 1 fully saturated rings. The highest BCUT2D eigenvalue weighted by atomic mass is 35.5. The number of hydrogen-bond donors (Lipinski definition) is 1. The SMILES string of the molecule is CCOC(=O)N1CCN(C(=O)Nc2ccc(C)c(Cl)c2)CC1. The summed E-state index contributed by atoms with van der Waals surface area (Å²) in [6.45, 7) is 5.93. The van der Waals surface area contributed by atoms with E-state index in [0.717, 1.165) is 5.56 Å². The molecule has 1 heterocycles. The third-order valence-electron chi connectivity index (χ3n) is 3.52. The lowest BCUT2D eigenvalue weighted by atomic mass is 10.2. The molecule has 6 nitrogen and oxygen atoms in total. The monoisotopic (exact) mass is 325 g/mol. The van der Waals surface area contributed by atoms with Gasteiger partial charge in [0.05, 0.1) is 6.61 Å². The first-order valence-electron chi connectivity index (χ1n) is 7.25. The number of aryl methyl sites for hydroxylation is 1. The summed E-state index contributed by atoms with van der Waals surface area (Å²) in [7, 11) is 0. The normalized spacial score (nSPS) is 14.7. The smallest absolute Gasteiger partial charge is 0.409 e. The summed E-state index contributed by atoms with van der Waals surface area (Å²) < 4.78 is 4.95. The quantitative estimate of drug-likeness (QED) is 0.909. The van der Waals surface area contributed by atoms with E-state index in [1.54, 1.807) is 22.8 Å². The highest BCUT2D eigenvalue weighted by molar-refractivity contribution is 6.31. The number of amides is 3. The topological polar surface area (TPSA) is 61.9 Å². The minimum Gasteiger partial charge on any atom is -0.450 e. The number of benzene rings is 1. The molecule has 0 spiro atoms. The maximum Gasteiger partial charge on any atom is 0.409 e. The fraction of sp³-hybridized carbons (Fsp3) is 0.467. The van der Waals surface area contributed by atoms with Crippen molar-refractivity contribution in [3.8, 4) is 0 Å². The van der Waals surface area contributed by atoms with Crippen LogP contribution in [0.5, 0.6) is 0 Å². The molecule has 1 aliphatic rings. The zero-order valence-electron chi connectivity index (χ0n) is 12.8. The van der Waals surface area contributed by atoms with E-state index >= 15 is 0 Å². The zero-order chi connectivity index (χ0) is 16.1. The molecule has 1 aliphatic heterocycles. The van der Waals surface area contributed by atoms with Crippen molar-refractivity contribution in [2.75, 3.05) is 38.1 Å². The van der Waals surface area contributed by atoms with Gasteiger partial charge < -0.3 is 19.9 Å². The van der Waals surface area contributed by atoms with Gasteiger partial charge in [-0.15, -0.1) is 0 Å². The van der Waals surface area contributed by atoms with Crippen LogP contribution in [0.3, 0.4) is 0 Å². The van der Waals surface area contributed by atoms with E-state index in [4.69, 9.17) is 16.3 Å². The Balaban J connectivity index is 1.87. The Hall–Kier alpha value is -1.95. The Labute approximate surface area is 135 Å². The van der Waals surface area contributed by atoms with Gasteiger partial charge in [-0.3, -0.25) is 0 Å². The Morgan fingerprint density at radius 3 is 2.45 bits per heavy atom. The molecule has 1 saturated heterocycles. The molecular formula is C15H20ClN3O3. The fourth-order valence-electron chi connectivity index (χ4n) is 2.18. The maximum atomic E-state index is 12.2. The molecule has 2 rings (SSSR count). The highest BCUT2D eigenvalue weighted by Crippen LogP contribution is 2.20. The van der Waals surface area contributed by atoms with Gasteiger partial charge in [0.15, 0.2) is 0 Å². The molecule has 1 N–H and O–H groups in total. The second kappa shape index (κ2) is 7.35. The number of halogens is 1. The molecule has 0 bridgehead atoms. The van der Waals surface area contributed by atoms with Crippen molar-refractivity contribution in [3.63, 3.8) is 0 Å². The van der Waals surface area contributed by atoms with Crippen molar-refractivity contribution in [1.29, 1.82) is 0 Å².